The van der Waals surface area contributed by atoms with E-state index in [-0.39, 0.29) is 0 Å². The van der Waals surface area contributed by atoms with E-state index in [0.717, 1.165) is 5.02 Å². The Bertz CT molecular complexity index is 399. The van der Waals surface area contributed by atoms with Crippen LogP contribution in [0.25, 0.3) is 0 Å². The number of aromatic nitrogens is 1. The summed E-state index contributed by atoms with van der Waals surface area (Å²) in [6.07, 6.45) is 3.68. The predicted molar refractivity (Wildman–Crippen MR) is 63.3 cm³/mol. The molecule has 1 aromatic carbocycles. The molecule has 0 radical (unpaired) electrons. The highest BCUT2D eigenvalue weighted by Gasteiger charge is 1.95. The highest BCUT2D eigenvalue weighted by atomic mass is 35.5. The van der Waals surface area contributed by atoms with Crippen LogP contribution in [0.4, 0.5) is 0 Å². The second kappa shape index (κ2) is 4.54. The van der Waals surface area contributed by atoms with E-state index in [0.29, 0.717) is 8.58 Å². The first-order chi connectivity index (χ1) is 6.84. The number of pyridine rings is 1. The Morgan fingerprint density at radius 3 is 2.43 bits per heavy atom. The maximum atomic E-state index is 5.81. The smallest absolute Gasteiger partial charge is 0.0406 e. The Morgan fingerprint density at radius 2 is 1.79 bits per heavy atom. The maximum absolute atomic E-state index is 5.81. The van der Waals surface area contributed by atoms with Crippen LogP contribution in [0, 0.1) is 0 Å². The topological polar surface area (TPSA) is 12.9 Å². The molecule has 0 bridgehead atoms. The number of nitrogens with zero attached hydrogens (tertiary/aromatic N) is 1. The molecule has 0 spiro atoms. The Balaban J connectivity index is 2.16. The molecular formula is C11H9ClNP. The fourth-order valence-electron chi connectivity index (χ4n) is 1.14. The van der Waals surface area contributed by atoms with Crippen molar-refractivity contribution >= 4 is 30.8 Å². The van der Waals surface area contributed by atoms with E-state index in [1.165, 1.54) is 10.6 Å². The Kier molecular flexibility index (Phi) is 3.13. The van der Waals surface area contributed by atoms with Crippen molar-refractivity contribution in [1.82, 2.24) is 4.98 Å². The number of halogens is 1. The van der Waals surface area contributed by atoms with Crippen molar-refractivity contribution in [2.75, 3.05) is 0 Å². The molecule has 0 fully saturated rings. The van der Waals surface area contributed by atoms with Gasteiger partial charge in [0.05, 0.1) is 0 Å². The third-order valence-electron chi connectivity index (χ3n) is 1.79. The SMILES string of the molecule is Clc1ccc(Pc2cccnc2)cc1. The van der Waals surface area contributed by atoms with Crippen molar-refractivity contribution in [2.45, 2.75) is 0 Å². The van der Waals surface area contributed by atoms with Gasteiger partial charge in [0.15, 0.2) is 0 Å². The monoisotopic (exact) mass is 221 g/mol. The quantitative estimate of drug-likeness (QED) is 0.710. The average Bonchev–Trinajstić information content (AvgIpc) is 2.23. The summed E-state index contributed by atoms with van der Waals surface area (Å²) in [6.45, 7) is 0. The molecular weight excluding hydrogens is 213 g/mol. The Labute approximate surface area is 89.9 Å². The van der Waals surface area contributed by atoms with E-state index < -0.39 is 0 Å². The molecule has 3 heteroatoms. The fraction of sp³-hybridized carbons (Fsp3) is 0. The lowest BCUT2D eigenvalue weighted by atomic mass is 10.4. The molecule has 0 saturated heterocycles. The van der Waals surface area contributed by atoms with Gasteiger partial charge in [-0.05, 0) is 28.8 Å². The summed E-state index contributed by atoms with van der Waals surface area (Å²) in [5.74, 6) is 0. The van der Waals surface area contributed by atoms with Gasteiger partial charge < -0.3 is 0 Å². The van der Waals surface area contributed by atoms with Crippen LogP contribution in [-0.2, 0) is 0 Å². The van der Waals surface area contributed by atoms with Crippen molar-refractivity contribution in [3.8, 4) is 0 Å². The summed E-state index contributed by atoms with van der Waals surface area (Å²) in [4.78, 5) is 4.08. The van der Waals surface area contributed by atoms with Gasteiger partial charge in [-0.2, -0.15) is 0 Å². The lowest BCUT2D eigenvalue weighted by Crippen LogP contribution is -2.02. The summed E-state index contributed by atoms with van der Waals surface area (Å²) in [7, 11) is 0.652. The zero-order valence-corrected chi connectivity index (χ0v) is 9.20. The van der Waals surface area contributed by atoms with Crippen LogP contribution in [-0.4, -0.2) is 4.98 Å². The van der Waals surface area contributed by atoms with Crippen molar-refractivity contribution in [3.05, 3.63) is 53.8 Å². The van der Waals surface area contributed by atoms with Crippen LogP contribution in [0.15, 0.2) is 48.8 Å². The largest absolute Gasteiger partial charge is 0.264 e. The summed E-state index contributed by atoms with van der Waals surface area (Å²) in [5, 5.41) is 3.31. The number of benzene rings is 1. The van der Waals surface area contributed by atoms with Crippen LogP contribution in [0.5, 0.6) is 0 Å². The first-order valence-corrected chi connectivity index (χ1v) is 5.65. The molecule has 0 amide bonds. The number of hydrogen-bond donors (Lipinski definition) is 0. The summed E-state index contributed by atoms with van der Waals surface area (Å²) < 4.78 is 0. The van der Waals surface area contributed by atoms with Gasteiger partial charge in [-0.3, -0.25) is 4.98 Å². The molecule has 1 unspecified atom stereocenters. The summed E-state index contributed by atoms with van der Waals surface area (Å²) in [6, 6.07) is 12.0. The summed E-state index contributed by atoms with van der Waals surface area (Å²) >= 11 is 5.81. The van der Waals surface area contributed by atoms with E-state index in [9.17, 15) is 0 Å². The molecule has 0 saturated carbocycles. The van der Waals surface area contributed by atoms with Gasteiger partial charge in [0.25, 0.3) is 0 Å². The molecule has 1 heterocycles. The summed E-state index contributed by atoms with van der Waals surface area (Å²) in [5.41, 5.74) is 0. The van der Waals surface area contributed by atoms with Gasteiger partial charge in [-0.15, -0.1) is 0 Å². The van der Waals surface area contributed by atoms with E-state index in [1.807, 2.05) is 36.5 Å². The standard InChI is InChI=1S/C11H9ClNP/c12-9-3-5-10(6-4-9)14-11-2-1-7-13-8-11/h1-8,14H. The Morgan fingerprint density at radius 1 is 1.00 bits per heavy atom. The number of hydrogen-bond acceptors (Lipinski definition) is 1. The van der Waals surface area contributed by atoms with Gasteiger partial charge in [0, 0.05) is 17.4 Å². The van der Waals surface area contributed by atoms with Crippen LogP contribution >= 0.6 is 20.2 Å². The van der Waals surface area contributed by atoms with Gasteiger partial charge in [-0.1, -0.05) is 38.4 Å². The van der Waals surface area contributed by atoms with Gasteiger partial charge in [0.1, 0.15) is 0 Å². The Hall–Kier alpha value is -0.910. The first kappa shape index (κ1) is 9.64. The molecule has 1 aromatic heterocycles. The third kappa shape index (κ3) is 2.54. The highest BCUT2D eigenvalue weighted by molar-refractivity contribution is 7.55. The van der Waals surface area contributed by atoms with Crippen LogP contribution in [0.2, 0.25) is 5.02 Å². The van der Waals surface area contributed by atoms with Gasteiger partial charge >= 0.3 is 0 Å². The van der Waals surface area contributed by atoms with E-state index >= 15 is 0 Å². The van der Waals surface area contributed by atoms with Gasteiger partial charge in [0.2, 0.25) is 0 Å². The average molecular weight is 222 g/mol. The molecule has 1 atom stereocenters. The second-order valence-corrected chi connectivity index (χ2v) is 4.71. The van der Waals surface area contributed by atoms with Crippen LogP contribution < -0.4 is 10.6 Å². The lowest BCUT2D eigenvalue weighted by Gasteiger charge is -2.00. The van der Waals surface area contributed by atoms with Crippen molar-refractivity contribution in [1.29, 1.82) is 0 Å². The molecule has 0 N–H and O–H groups in total. The molecule has 1 nitrogen and oxygen atoms in total. The zero-order valence-electron chi connectivity index (χ0n) is 7.44. The zero-order chi connectivity index (χ0) is 9.80. The predicted octanol–water partition coefficient (Wildman–Crippen LogP) is 2.36. The molecule has 2 rings (SSSR count). The fourth-order valence-corrected chi connectivity index (χ4v) is 2.25. The van der Waals surface area contributed by atoms with Crippen LogP contribution in [0.3, 0.4) is 0 Å². The first-order valence-electron chi connectivity index (χ1n) is 4.27. The minimum absolute atomic E-state index is 0.652. The minimum Gasteiger partial charge on any atom is -0.264 e. The molecule has 0 aliphatic heterocycles. The second-order valence-electron chi connectivity index (χ2n) is 2.87. The van der Waals surface area contributed by atoms with Crippen molar-refractivity contribution in [3.63, 3.8) is 0 Å². The normalized spacial score (nSPS) is 10.9. The molecule has 70 valence electrons. The van der Waals surface area contributed by atoms with E-state index in [2.05, 4.69) is 11.1 Å². The van der Waals surface area contributed by atoms with Crippen molar-refractivity contribution < 1.29 is 0 Å². The molecule has 0 aliphatic rings. The molecule has 2 aromatic rings. The van der Waals surface area contributed by atoms with Crippen molar-refractivity contribution in [2.24, 2.45) is 0 Å². The van der Waals surface area contributed by atoms with E-state index in [4.69, 9.17) is 11.6 Å². The third-order valence-corrected chi connectivity index (χ3v) is 3.25. The maximum Gasteiger partial charge on any atom is 0.0406 e. The number of rotatable bonds is 2. The van der Waals surface area contributed by atoms with Gasteiger partial charge in [-0.25, -0.2) is 0 Å². The lowest BCUT2D eigenvalue weighted by molar-refractivity contribution is 1.35. The van der Waals surface area contributed by atoms with Crippen LogP contribution in [0.1, 0.15) is 0 Å². The molecule has 14 heavy (non-hydrogen) atoms. The molecule has 0 aliphatic carbocycles. The van der Waals surface area contributed by atoms with E-state index in [1.54, 1.807) is 6.20 Å². The minimum atomic E-state index is 0.652. The highest BCUT2D eigenvalue weighted by Crippen LogP contribution is 2.12.